The first-order valence-electron chi connectivity index (χ1n) is 9.21. The van der Waals surface area contributed by atoms with E-state index in [2.05, 4.69) is 26.6 Å². The number of halogens is 3. The molecule has 0 saturated carbocycles. The molecule has 0 radical (unpaired) electrons. The second-order valence-electron chi connectivity index (χ2n) is 7.02. The predicted octanol–water partition coefficient (Wildman–Crippen LogP) is 4.48. The van der Waals surface area contributed by atoms with Gasteiger partial charge in [0.1, 0.15) is 11.5 Å². The molecule has 2 heterocycles. The molecular weight excluding hydrogens is 414 g/mol. The van der Waals surface area contributed by atoms with E-state index in [4.69, 9.17) is 23.2 Å². The number of aromatic nitrogens is 2. The van der Waals surface area contributed by atoms with Crippen molar-refractivity contribution >= 4 is 45.6 Å². The number of benzene rings is 2. The summed E-state index contributed by atoms with van der Waals surface area (Å²) in [6.07, 6.45) is 0. The van der Waals surface area contributed by atoms with Crippen molar-refractivity contribution in [2.24, 2.45) is 0 Å². The lowest BCUT2D eigenvalue weighted by Gasteiger charge is -2.36. The Morgan fingerprint density at radius 1 is 1.10 bits per heavy atom. The van der Waals surface area contributed by atoms with Crippen molar-refractivity contribution in [3.05, 3.63) is 70.1 Å². The van der Waals surface area contributed by atoms with Gasteiger partial charge in [0.05, 0.1) is 27.8 Å². The molecule has 0 amide bonds. The van der Waals surface area contributed by atoms with E-state index in [1.165, 1.54) is 24.3 Å². The molecule has 5 nitrogen and oxygen atoms in total. The number of H-pyrrole nitrogens is 1. The minimum atomic E-state index is -0.344. The third-order valence-corrected chi connectivity index (χ3v) is 5.89. The summed E-state index contributed by atoms with van der Waals surface area (Å²) in [7, 11) is 0. The monoisotopic (exact) mass is 432 g/mol. The quantitative estimate of drug-likeness (QED) is 0.603. The van der Waals surface area contributed by atoms with Gasteiger partial charge in [-0.2, -0.15) is 5.10 Å². The van der Waals surface area contributed by atoms with Crippen LogP contribution < -0.4 is 0 Å². The molecule has 150 valence electrons. The number of Topliss-reactive ketones (excluding diaryl/α,β-unsaturated/α-hetero) is 1. The van der Waals surface area contributed by atoms with E-state index in [0.717, 1.165) is 48.5 Å². The van der Waals surface area contributed by atoms with Crippen LogP contribution in [0.3, 0.4) is 0 Å². The lowest BCUT2D eigenvalue weighted by molar-refractivity contribution is 0.0893. The van der Waals surface area contributed by atoms with Crippen molar-refractivity contribution in [3.63, 3.8) is 0 Å². The second-order valence-corrected chi connectivity index (χ2v) is 7.84. The lowest BCUT2D eigenvalue weighted by Crippen LogP contribution is -2.47. The van der Waals surface area contributed by atoms with Gasteiger partial charge < -0.3 is 4.90 Å². The van der Waals surface area contributed by atoms with Crippen LogP contribution in [-0.2, 0) is 0 Å². The highest BCUT2D eigenvalue weighted by Gasteiger charge is 2.23. The molecule has 1 aliphatic heterocycles. The SMILES string of the molecule is C=C(c1n[nH]c2cc(Cl)c(Cl)cc12)N1CCN(CC(=O)c2ccc(F)cc2)CC1. The molecule has 0 bridgehead atoms. The maximum atomic E-state index is 13.0. The zero-order valence-electron chi connectivity index (χ0n) is 15.6. The van der Waals surface area contributed by atoms with Gasteiger partial charge in [0.25, 0.3) is 0 Å². The molecule has 1 aromatic heterocycles. The van der Waals surface area contributed by atoms with Crippen LogP contribution in [0.15, 0.2) is 43.0 Å². The maximum absolute atomic E-state index is 13.0. The number of nitrogens with one attached hydrogen (secondary N) is 1. The molecule has 29 heavy (non-hydrogen) atoms. The van der Waals surface area contributed by atoms with Gasteiger partial charge in [-0.05, 0) is 36.4 Å². The molecule has 0 atom stereocenters. The summed E-state index contributed by atoms with van der Waals surface area (Å²) in [5.74, 6) is -0.356. The first-order chi connectivity index (χ1) is 13.9. The average molecular weight is 433 g/mol. The fraction of sp³-hybridized carbons (Fsp3) is 0.238. The van der Waals surface area contributed by atoms with Crippen molar-refractivity contribution in [3.8, 4) is 0 Å². The first-order valence-corrected chi connectivity index (χ1v) is 9.96. The predicted molar refractivity (Wildman–Crippen MR) is 114 cm³/mol. The van der Waals surface area contributed by atoms with Crippen molar-refractivity contribution in [1.82, 2.24) is 20.0 Å². The zero-order chi connectivity index (χ0) is 20.5. The van der Waals surface area contributed by atoms with Gasteiger partial charge in [0.15, 0.2) is 5.78 Å². The summed E-state index contributed by atoms with van der Waals surface area (Å²) in [4.78, 5) is 16.6. The van der Waals surface area contributed by atoms with Gasteiger partial charge in [-0.15, -0.1) is 0 Å². The van der Waals surface area contributed by atoms with E-state index >= 15 is 0 Å². The Labute approximate surface area is 177 Å². The fourth-order valence-electron chi connectivity index (χ4n) is 3.49. The number of carbonyl (C=O) groups is 1. The van der Waals surface area contributed by atoms with Crippen molar-refractivity contribution in [2.75, 3.05) is 32.7 Å². The van der Waals surface area contributed by atoms with Crippen molar-refractivity contribution < 1.29 is 9.18 Å². The van der Waals surface area contributed by atoms with Crippen LogP contribution in [0.25, 0.3) is 16.6 Å². The van der Waals surface area contributed by atoms with Gasteiger partial charge in [0, 0.05) is 37.1 Å². The molecule has 1 aliphatic rings. The number of aromatic amines is 1. The Hall–Kier alpha value is -2.41. The fourth-order valence-corrected chi connectivity index (χ4v) is 3.81. The smallest absolute Gasteiger partial charge is 0.176 e. The Balaban J connectivity index is 1.39. The minimum absolute atomic E-state index is 0.0120. The molecule has 0 unspecified atom stereocenters. The van der Waals surface area contributed by atoms with Gasteiger partial charge in [-0.25, -0.2) is 4.39 Å². The number of hydrogen-bond acceptors (Lipinski definition) is 4. The number of piperazine rings is 1. The normalized spacial score (nSPS) is 15.1. The summed E-state index contributed by atoms with van der Waals surface area (Å²) >= 11 is 12.2. The van der Waals surface area contributed by atoms with Crippen LogP contribution >= 0.6 is 23.2 Å². The topological polar surface area (TPSA) is 52.2 Å². The first kappa shape index (κ1) is 19.9. The van der Waals surface area contributed by atoms with Crippen LogP contribution in [0, 0.1) is 5.82 Å². The van der Waals surface area contributed by atoms with Gasteiger partial charge in [-0.3, -0.25) is 14.8 Å². The third kappa shape index (κ3) is 4.15. The van der Waals surface area contributed by atoms with Crippen LogP contribution in [0.5, 0.6) is 0 Å². The summed E-state index contributed by atoms with van der Waals surface area (Å²) in [5.41, 5.74) is 2.88. The Morgan fingerprint density at radius 3 is 2.45 bits per heavy atom. The number of ketones is 1. The molecule has 8 heteroatoms. The van der Waals surface area contributed by atoms with E-state index < -0.39 is 0 Å². The number of hydrogen-bond donors (Lipinski definition) is 1. The van der Waals surface area contributed by atoms with Gasteiger partial charge >= 0.3 is 0 Å². The van der Waals surface area contributed by atoms with Gasteiger partial charge in [-0.1, -0.05) is 29.8 Å². The molecular formula is C21H19Cl2FN4O. The Morgan fingerprint density at radius 2 is 1.76 bits per heavy atom. The van der Waals surface area contributed by atoms with E-state index in [1.807, 2.05) is 0 Å². The number of carbonyl (C=O) groups excluding carboxylic acids is 1. The minimum Gasteiger partial charge on any atom is -0.368 e. The molecule has 1 N–H and O–H groups in total. The van der Waals surface area contributed by atoms with Crippen LogP contribution in [-0.4, -0.2) is 58.5 Å². The highest BCUT2D eigenvalue weighted by Crippen LogP contribution is 2.31. The summed E-state index contributed by atoms with van der Waals surface area (Å²) < 4.78 is 13.0. The van der Waals surface area contributed by atoms with E-state index in [9.17, 15) is 9.18 Å². The highest BCUT2D eigenvalue weighted by atomic mass is 35.5. The summed E-state index contributed by atoms with van der Waals surface area (Å²) in [5, 5.41) is 9.17. The van der Waals surface area contributed by atoms with E-state index in [-0.39, 0.29) is 11.6 Å². The molecule has 1 saturated heterocycles. The van der Waals surface area contributed by atoms with E-state index in [0.29, 0.717) is 22.2 Å². The highest BCUT2D eigenvalue weighted by molar-refractivity contribution is 6.42. The van der Waals surface area contributed by atoms with Gasteiger partial charge in [0.2, 0.25) is 0 Å². The van der Waals surface area contributed by atoms with Crippen LogP contribution in [0.4, 0.5) is 4.39 Å². The molecule has 0 aliphatic carbocycles. The third-order valence-electron chi connectivity index (χ3n) is 5.16. The maximum Gasteiger partial charge on any atom is 0.176 e. The largest absolute Gasteiger partial charge is 0.368 e. The van der Waals surface area contributed by atoms with E-state index in [1.54, 1.807) is 12.1 Å². The molecule has 0 spiro atoms. The van der Waals surface area contributed by atoms with Crippen LogP contribution in [0.2, 0.25) is 10.0 Å². The molecule has 3 aromatic rings. The number of fused-ring (bicyclic) bond motifs is 1. The zero-order valence-corrected chi connectivity index (χ0v) is 17.1. The van der Waals surface area contributed by atoms with Crippen molar-refractivity contribution in [1.29, 1.82) is 0 Å². The Bertz CT molecular complexity index is 1070. The number of rotatable bonds is 5. The lowest BCUT2D eigenvalue weighted by atomic mass is 10.1. The molecule has 1 fully saturated rings. The standard InChI is InChI=1S/C21H19Cl2FN4O/c1-13(21-16-10-17(22)18(23)11-19(16)25-26-21)28-8-6-27(7-9-28)12-20(29)14-2-4-15(24)5-3-14/h2-5,10-11H,1,6-9,12H2,(H,25,26). The van der Waals surface area contributed by atoms with Crippen molar-refractivity contribution in [2.45, 2.75) is 0 Å². The summed E-state index contributed by atoms with van der Waals surface area (Å²) in [6.45, 7) is 7.42. The molecule has 2 aromatic carbocycles. The van der Waals surface area contributed by atoms with Crippen LogP contribution in [0.1, 0.15) is 16.1 Å². The summed E-state index contributed by atoms with van der Waals surface area (Å²) in [6, 6.07) is 9.21. The average Bonchev–Trinajstić information content (AvgIpc) is 3.11. The number of nitrogens with zero attached hydrogens (tertiary/aromatic N) is 3. The molecule has 4 rings (SSSR count). The second kappa shape index (κ2) is 8.14. The Kier molecular flexibility index (Phi) is 5.58.